The average Bonchev–Trinajstić information content (AvgIpc) is 3.21. The van der Waals surface area contributed by atoms with Crippen LogP contribution in [-0.2, 0) is 10.0 Å². The molecule has 0 radical (unpaired) electrons. The van der Waals surface area contributed by atoms with Gasteiger partial charge >= 0.3 is 6.03 Å². The van der Waals surface area contributed by atoms with Crippen molar-refractivity contribution >= 4 is 21.7 Å². The Morgan fingerprint density at radius 2 is 1.87 bits per heavy atom. The summed E-state index contributed by atoms with van der Waals surface area (Å²) in [7, 11) is -3.47. The number of rotatable bonds is 7. The van der Waals surface area contributed by atoms with E-state index in [1.54, 1.807) is 12.1 Å². The van der Waals surface area contributed by atoms with Gasteiger partial charge in [0.15, 0.2) is 0 Å². The SMILES string of the molecule is CC(N)CC(C)NC(=O)Nc1ccc(S(=O)(=O)NC2CC2)cc1. The highest BCUT2D eigenvalue weighted by Gasteiger charge is 2.27. The van der Waals surface area contributed by atoms with Gasteiger partial charge in [0.1, 0.15) is 0 Å². The van der Waals surface area contributed by atoms with Crippen LogP contribution in [0.15, 0.2) is 29.2 Å². The van der Waals surface area contributed by atoms with Gasteiger partial charge in [-0.25, -0.2) is 17.9 Å². The number of anilines is 1. The molecule has 1 aromatic rings. The topological polar surface area (TPSA) is 113 Å². The molecule has 1 aliphatic carbocycles. The van der Waals surface area contributed by atoms with Crippen molar-refractivity contribution in [3.63, 3.8) is 0 Å². The molecular weight excluding hydrogens is 316 g/mol. The largest absolute Gasteiger partial charge is 0.335 e. The zero-order valence-corrected chi connectivity index (χ0v) is 14.2. The molecule has 1 saturated carbocycles. The molecule has 23 heavy (non-hydrogen) atoms. The average molecular weight is 340 g/mol. The summed E-state index contributed by atoms with van der Waals surface area (Å²) < 4.78 is 26.7. The van der Waals surface area contributed by atoms with E-state index in [9.17, 15) is 13.2 Å². The lowest BCUT2D eigenvalue weighted by Gasteiger charge is -2.16. The summed E-state index contributed by atoms with van der Waals surface area (Å²) in [6.07, 6.45) is 2.45. The maximum Gasteiger partial charge on any atom is 0.319 e. The van der Waals surface area contributed by atoms with Gasteiger partial charge in [-0.05, 0) is 57.4 Å². The zero-order valence-electron chi connectivity index (χ0n) is 13.4. The molecule has 2 atom stereocenters. The first-order chi connectivity index (χ1) is 10.8. The highest BCUT2D eigenvalue weighted by atomic mass is 32.2. The summed E-state index contributed by atoms with van der Waals surface area (Å²) in [5.74, 6) is 0. The molecule has 8 heteroatoms. The number of urea groups is 1. The van der Waals surface area contributed by atoms with Gasteiger partial charge in [-0.15, -0.1) is 0 Å². The van der Waals surface area contributed by atoms with Crippen molar-refractivity contribution in [2.24, 2.45) is 5.73 Å². The molecule has 1 aliphatic rings. The number of carbonyl (C=O) groups is 1. The second-order valence-corrected chi connectivity index (χ2v) is 7.85. The van der Waals surface area contributed by atoms with E-state index < -0.39 is 10.0 Å². The summed E-state index contributed by atoms with van der Waals surface area (Å²) in [6.45, 7) is 3.76. The number of hydrogen-bond acceptors (Lipinski definition) is 4. The lowest BCUT2D eigenvalue weighted by atomic mass is 10.1. The number of sulfonamides is 1. The quantitative estimate of drug-likeness (QED) is 0.600. The van der Waals surface area contributed by atoms with Crippen LogP contribution in [0.1, 0.15) is 33.1 Å². The summed E-state index contributed by atoms with van der Waals surface area (Å²) in [5.41, 5.74) is 6.21. The van der Waals surface area contributed by atoms with Crippen LogP contribution in [0.3, 0.4) is 0 Å². The first-order valence-electron chi connectivity index (χ1n) is 7.72. The van der Waals surface area contributed by atoms with Crippen LogP contribution in [0.25, 0.3) is 0 Å². The maximum atomic E-state index is 12.0. The van der Waals surface area contributed by atoms with Gasteiger partial charge in [0.25, 0.3) is 0 Å². The number of hydrogen-bond donors (Lipinski definition) is 4. The van der Waals surface area contributed by atoms with Gasteiger partial charge in [-0.2, -0.15) is 0 Å². The van der Waals surface area contributed by atoms with Crippen LogP contribution in [0.4, 0.5) is 10.5 Å². The zero-order chi connectivity index (χ0) is 17.0. The molecule has 7 nitrogen and oxygen atoms in total. The predicted molar refractivity (Wildman–Crippen MR) is 89.7 cm³/mol. The van der Waals surface area contributed by atoms with Crippen molar-refractivity contribution in [2.75, 3.05) is 5.32 Å². The van der Waals surface area contributed by atoms with E-state index in [2.05, 4.69) is 15.4 Å². The van der Waals surface area contributed by atoms with E-state index in [0.29, 0.717) is 12.1 Å². The van der Waals surface area contributed by atoms with Crippen LogP contribution in [0.5, 0.6) is 0 Å². The number of carbonyl (C=O) groups excluding carboxylic acids is 1. The third kappa shape index (κ3) is 5.81. The minimum Gasteiger partial charge on any atom is -0.335 e. The van der Waals surface area contributed by atoms with E-state index in [1.165, 1.54) is 12.1 Å². The summed E-state index contributed by atoms with van der Waals surface area (Å²) in [4.78, 5) is 12.0. The smallest absolute Gasteiger partial charge is 0.319 e. The van der Waals surface area contributed by atoms with Crippen molar-refractivity contribution in [3.8, 4) is 0 Å². The molecule has 0 aliphatic heterocycles. The number of benzene rings is 1. The van der Waals surface area contributed by atoms with Crippen molar-refractivity contribution in [3.05, 3.63) is 24.3 Å². The Morgan fingerprint density at radius 1 is 1.26 bits per heavy atom. The van der Waals surface area contributed by atoms with E-state index in [1.807, 2.05) is 13.8 Å². The Balaban J connectivity index is 1.90. The molecule has 1 aromatic carbocycles. The third-order valence-corrected chi connectivity index (χ3v) is 4.96. The number of nitrogens with two attached hydrogens (primary N) is 1. The molecule has 0 bridgehead atoms. The van der Waals surface area contributed by atoms with Gasteiger partial charge in [-0.3, -0.25) is 0 Å². The third-order valence-electron chi connectivity index (χ3n) is 3.42. The Kier molecular flexibility index (Phi) is 5.61. The van der Waals surface area contributed by atoms with E-state index in [4.69, 9.17) is 5.73 Å². The fourth-order valence-corrected chi connectivity index (χ4v) is 3.52. The van der Waals surface area contributed by atoms with E-state index in [-0.39, 0.29) is 29.1 Å². The lowest BCUT2D eigenvalue weighted by molar-refractivity contribution is 0.248. The van der Waals surface area contributed by atoms with Crippen LogP contribution in [-0.4, -0.2) is 32.6 Å². The molecule has 0 saturated heterocycles. The Labute approximate surface area is 137 Å². The highest BCUT2D eigenvalue weighted by molar-refractivity contribution is 7.89. The molecule has 1 fully saturated rings. The minimum atomic E-state index is -3.47. The van der Waals surface area contributed by atoms with Gasteiger partial charge in [0.05, 0.1) is 4.90 Å². The summed E-state index contributed by atoms with van der Waals surface area (Å²) in [6, 6.07) is 5.78. The predicted octanol–water partition coefficient (Wildman–Crippen LogP) is 1.37. The molecule has 2 rings (SSSR count). The van der Waals surface area contributed by atoms with Crippen LogP contribution in [0.2, 0.25) is 0 Å². The molecule has 2 unspecified atom stereocenters. The maximum absolute atomic E-state index is 12.0. The number of nitrogens with one attached hydrogen (secondary N) is 3. The van der Waals surface area contributed by atoms with Crippen molar-refractivity contribution in [2.45, 2.75) is 56.1 Å². The Bertz CT molecular complexity index is 639. The molecule has 0 heterocycles. The van der Waals surface area contributed by atoms with Gasteiger partial charge in [0.2, 0.25) is 10.0 Å². The standard InChI is InChI=1S/C15H24N4O3S/c1-10(16)9-11(2)17-15(20)18-12-5-7-14(8-6-12)23(21,22)19-13-3-4-13/h5-8,10-11,13,19H,3-4,9,16H2,1-2H3,(H2,17,18,20). The van der Waals surface area contributed by atoms with Crippen LogP contribution < -0.4 is 21.1 Å². The second-order valence-electron chi connectivity index (χ2n) is 6.13. The monoisotopic (exact) mass is 340 g/mol. The highest BCUT2D eigenvalue weighted by Crippen LogP contribution is 2.22. The Morgan fingerprint density at radius 3 is 2.39 bits per heavy atom. The van der Waals surface area contributed by atoms with Gasteiger partial charge in [-0.1, -0.05) is 0 Å². The normalized spacial score (nSPS) is 17.3. The molecule has 5 N–H and O–H groups in total. The first-order valence-corrected chi connectivity index (χ1v) is 9.20. The van der Waals surface area contributed by atoms with Gasteiger partial charge < -0.3 is 16.4 Å². The second kappa shape index (κ2) is 7.29. The molecule has 0 aromatic heterocycles. The summed E-state index contributed by atoms with van der Waals surface area (Å²) >= 11 is 0. The van der Waals surface area contributed by atoms with Crippen molar-refractivity contribution in [1.82, 2.24) is 10.0 Å². The van der Waals surface area contributed by atoms with Crippen LogP contribution >= 0.6 is 0 Å². The molecule has 2 amide bonds. The van der Waals surface area contributed by atoms with Crippen molar-refractivity contribution < 1.29 is 13.2 Å². The first kappa shape index (κ1) is 17.7. The number of amides is 2. The molecule has 128 valence electrons. The fourth-order valence-electron chi connectivity index (χ4n) is 2.21. The molecular formula is C15H24N4O3S. The fraction of sp³-hybridized carbons (Fsp3) is 0.533. The van der Waals surface area contributed by atoms with Crippen molar-refractivity contribution in [1.29, 1.82) is 0 Å². The summed E-state index contributed by atoms with van der Waals surface area (Å²) in [5, 5.41) is 5.45. The lowest BCUT2D eigenvalue weighted by Crippen LogP contribution is -2.39. The van der Waals surface area contributed by atoms with E-state index >= 15 is 0 Å². The van der Waals surface area contributed by atoms with E-state index in [0.717, 1.165) is 12.8 Å². The molecule has 0 spiro atoms. The Hall–Kier alpha value is -1.64. The van der Waals surface area contributed by atoms with Crippen LogP contribution in [0, 0.1) is 0 Å². The minimum absolute atomic E-state index is 0.00811. The van der Waals surface area contributed by atoms with Gasteiger partial charge in [0, 0.05) is 23.8 Å².